The molecule has 0 fully saturated rings. The Bertz CT molecular complexity index is 805. The molecule has 0 radical (unpaired) electrons. The number of amides is 2. The fourth-order valence-corrected chi connectivity index (χ4v) is 3.45. The van der Waals surface area contributed by atoms with Gasteiger partial charge in [0.15, 0.2) is 12.4 Å². The van der Waals surface area contributed by atoms with Crippen molar-refractivity contribution in [3.8, 4) is 5.75 Å². The average Bonchev–Trinajstić information content (AvgIpc) is 2.53. The lowest BCUT2D eigenvalue weighted by atomic mass is 10.2. The largest absolute Gasteiger partial charge is 0.481 e. The minimum Gasteiger partial charge on any atom is -0.481 e. The fraction of sp³-hybridized carbons (Fsp3) is 0.222. The van der Waals surface area contributed by atoms with Crippen molar-refractivity contribution in [3.05, 3.63) is 56.5 Å². The van der Waals surface area contributed by atoms with Crippen LogP contribution in [0.5, 0.6) is 5.75 Å². The lowest BCUT2D eigenvalue weighted by Gasteiger charge is -2.12. The minimum absolute atomic E-state index is 0.0247. The average molecular weight is 460 g/mol. The number of nitrogens with one attached hydrogen (secondary N) is 2. The molecule has 2 amide bonds. The van der Waals surface area contributed by atoms with E-state index in [0.29, 0.717) is 31.5 Å². The first kappa shape index (κ1) is 20.6. The van der Waals surface area contributed by atoms with Crippen LogP contribution in [0.4, 0.5) is 5.69 Å². The van der Waals surface area contributed by atoms with E-state index in [1.54, 1.807) is 30.3 Å². The molecule has 2 rings (SSSR count). The number of hydrogen-bond acceptors (Lipinski definition) is 3. The highest BCUT2D eigenvalue weighted by Crippen LogP contribution is 2.36. The van der Waals surface area contributed by atoms with E-state index >= 15 is 0 Å². The second-order valence-corrected chi connectivity index (χ2v) is 7.44. The standard InChI is InChI=1S/C18H17BrCl2N2O3/c1-10(2)22-18(25)11-4-3-5-13(6-11)23-16(24)9-26-17-14(19)7-12(20)8-15(17)21/h3-8,10H,9H2,1-2H3,(H,22,25)(H,23,24). The van der Waals surface area contributed by atoms with Crippen molar-refractivity contribution >= 4 is 56.6 Å². The summed E-state index contributed by atoms with van der Waals surface area (Å²) in [7, 11) is 0. The Morgan fingerprint density at radius 3 is 2.58 bits per heavy atom. The summed E-state index contributed by atoms with van der Waals surface area (Å²) in [5.74, 6) is -0.259. The van der Waals surface area contributed by atoms with Gasteiger partial charge in [0.1, 0.15) is 0 Å². The van der Waals surface area contributed by atoms with Crippen LogP contribution in [0.25, 0.3) is 0 Å². The topological polar surface area (TPSA) is 67.4 Å². The first-order chi connectivity index (χ1) is 12.3. The van der Waals surface area contributed by atoms with E-state index in [0.717, 1.165) is 0 Å². The Balaban J connectivity index is 1.99. The first-order valence-electron chi connectivity index (χ1n) is 7.74. The van der Waals surface area contributed by atoms with Gasteiger partial charge in [0.25, 0.3) is 11.8 Å². The van der Waals surface area contributed by atoms with Gasteiger partial charge < -0.3 is 15.4 Å². The van der Waals surface area contributed by atoms with Crippen molar-refractivity contribution in [3.63, 3.8) is 0 Å². The lowest BCUT2D eigenvalue weighted by Crippen LogP contribution is -2.30. The maximum absolute atomic E-state index is 12.1. The number of halogens is 3. The van der Waals surface area contributed by atoms with Crippen molar-refractivity contribution in [1.29, 1.82) is 0 Å². The van der Waals surface area contributed by atoms with E-state index in [-0.39, 0.29) is 24.5 Å². The molecule has 0 aliphatic carbocycles. The van der Waals surface area contributed by atoms with Crippen molar-refractivity contribution in [2.75, 3.05) is 11.9 Å². The molecule has 2 aromatic rings. The third kappa shape index (κ3) is 5.90. The van der Waals surface area contributed by atoms with Gasteiger partial charge in [-0.25, -0.2) is 0 Å². The zero-order chi connectivity index (χ0) is 19.3. The normalized spacial score (nSPS) is 10.5. The van der Waals surface area contributed by atoms with E-state index in [4.69, 9.17) is 27.9 Å². The molecule has 0 aromatic heterocycles. The molecule has 26 heavy (non-hydrogen) atoms. The Hall–Kier alpha value is -1.76. The van der Waals surface area contributed by atoms with Crippen LogP contribution in [-0.2, 0) is 4.79 Å². The molecule has 0 spiro atoms. The van der Waals surface area contributed by atoms with Crippen LogP contribution < -0.4 is 15.4 Å². The smallest absolute Gasteiger partial charge is 0.262 e. The third-order valence-electron chi connectivity index (χ3n) is 3.14. The molecular weight excluding hydrogens is 443 g/mol. The van der Waals surface area contributed by atoms with Gasteiger partial charge >= 0.3 is 0 Å². The summed E-state index contributed by atoms with van der Waals surface area (Å²) in [6.07, 6.45) is 0. The number of carbonyl (C=O) groups excluding carboxylic acids is 2. The van der Waals surface area contributed by atoms with E-state index in [9.17, 15) is 9.59 Å². The van der Waals surface area contributed by atoms with Crippen LogP contribution in [0.3, 0.4) is 0 Å². The van der Waals surface area contributed by atoms with Crippen LogP contribution in [-0.4, -0.2) is 24.5 Å². The lowest BCUT2D eigenvalue weighted by molar-refractivity contribution is -0.118. The highest BCUT2D eigenvalue weighted by Gasteiger charge is 2.12. The Morgan fingerprint density at radius 1 is 1.19 bits per heavy atom. The van der Waals surface area contributed by atoms with E-state index < -0.39 is 0 Å². The minimum atomic E-state index is -0.385. The number of anilines is 1. The van der Waals surface area contributed by atoms with E-state index in [1.807, 2.05) is 13.8 Å². The maximum Gasteiger partial charge on any atom is 0.262 e. The van der Waals surface area contributed by atoms with Crippen LogP contribution in [0, 0.1) is 0 Å². The van der Waals surface area contributed by atoms with Gasteiger partial charge in [-0.1, -0.05) is 29.3 Å². The Labute approximate surface area is 170 Å². The van der Waals surface area contributed by atoms with Crippen molar-refractivity contribution < 1.29 is 14.3 Å². The molecule has 8 heteroatoms. The summed E-state index contributed by atoms with van der Waals surface area (Å²) in [6.45, 7) is 3.50. The molecular formula is C18H17BrCl2N2O3. The van der Waals surface area contributed by atoms with Gasteiger partial charge in [-0.3, -0.25) is 9.59 Å². The van der Waals surface area contributed by atoms with Crippen molar-refractivity contribution in [1.82, 2.24) is 5.32 Å². The number of carbonyl (C=O) groups is 2. The zero-order valence-corrected chi connectivity index (χ0v) is 17.2. The second-order valence-electron chi connectivity index (χ2n) is 5.74. The molecule has 0 aliphatic heterocycles. The Kier molecular flexibility index (Phi) is 7.32. The maximum atomic E-state index is 12.1. The molecule has 0 atom stereocenters. The summed E-state index contributed by atoms with van der Waals surface area (Å²) in [4.78, 5) is 24.1. The van der Waals surface area contributed by atoms with Crippen LogP contribution in [0.15, 0.2) is 40.9 Å². The molecule has 5 nitrogen and oxygen atoms in total. The summed E-state index contributed by atoms with van der Waals surface area (Å²) < 4.78 is 6.01. The van der Waals surface area contributed by atoms with Gasteiger partial charge in [-0.2, -0.15) is 0 Å². The SMILES string of the molecule is CC(C)NC(=O)c1cccc(NC(=O)COc2c(Cl)cc(Cl)cc2Br)c1. The molecule has 0 aliphatic rings. The fourth-order valence-electron chi connectivity index (χ4n) is 2.09. The number of benzene rings is 2. The second kappa shape index (κ2) is 9.26. The first-order valence-corrected chi connectivity index (χ1v) is 9.29. The van der Waals surface area contributed by atoms with Crippen LogP contribution >= 0.6 is 39.1 Å². The number of rotatable bonds is 6. The highest BCUT2D eigenvalue weighted by atomic mass is 79.9. The van der Waals surface area contributed by atoms with Gasteiger partial charge in [-0.05, 0) is 60.1 Å². The third-order valence-corrected chi connectivity index (χ3v) is 4.23. The van der Waals surface area contributed by atoms with Crippen LogP contribution in [0.1, 0.15) is 24.2 Å². The quantitative estimate of drug-likeness (QED) is 0.644. The molecule has 0 saturated carbocycles. The van der Waals surface area contributed by atoms with E-state index in [2.05, 4.69) is 26.6 Å². The molecule has 2 N–H and O–H groups in total. The molecule has 0 heterocycles. The van der Waals surface area contributed by atoms with Crippen molar-refractivity contribution in [2.45, 2.75) is 19.9 Å². The highest BCUT2D eigenvalue weighted by molar-refractivity contribution is 9.10. The zero-order valence-electron chi connectivity index (χ0n) is 14.1. The summed E-state index contributed by atoms with van der Waals surface area (Å²) in [5, 5.41) is 6.23. The molecule has 0 unspecified atom stereocenters. The predicted molar refractivity (Wildman–Crippen MR) is 107 cm³/mol. The molecule has 2 aromatic carbocycles. The van der Waals surface area contributed by atoms with Gasteiger partial charge in [0, 0.05) is 22.3 Å². The number of ether oxygens (including phenoxy) is 1. The molecule has 0 bridgehead atoms. The predicted octanol–water partition coefficient (Wildman–Crippen LogP) is 4.91. The van der Waals surface area contributed by atoms with Gasteiger partial charge in [-0.15, -0.1) is 0 Å². The Morgan fingerprint density at radius 2 is 1.92 bits per heavy atom. The monoisotopic (exact) mass is 458 g/mol. The molecule has 0 saturated heterocycles. The summed E-state index contributed by atoms with van der Waals surface area (Å²) in [5.41, 5.74) is 0.956. The number of hydrogen-bond donors (Lipinski definition) is 2. The van der Waals surface area contributed by atoms with Crippen LogP contribution in [0.2, 0.25) is 10.0 Å². The van der Waals surface area contributed by atoms with E-state index in [1.165, 1.54) is 6.07 Å². The van der Waals surface area contributed by atoms with Gasteiger partial charge in [0.05, 0.1) is 9.50 Å². The van der Waals surface area contributed by atoms with Crippen molar-refractivity contribution in [2.24, 2.45) is 0 Å². The summed E-state index contributed by atoms with van der Waals surface area (Å²) >= 11 is 15.2. The summed E-state index contributed by atoms with van der Waals surface area (Å²) in [6, 6.07) is 9.83. The van der Waals surface area contributed by atoms with Gasteiger partial charge in [0.2, 0.25) is 0 Å². The molecule has 138 valence electrons.